The second kappa shape index (κ2) is 5.71. The highest BCUT2D eigenvalue weighted by atomic mass is 16.5. The number of hydrogen-bond acceptors (Lipinski definition) is 4. The highest BCUT2D eigenvalue weighted by Crippen LogP contribution is 2.32. The van der Waals surface area contributed by atoms with Crippen LogP contribution in [0.15, 0.2) is 36.4 Å². The van der Waals surface area contributed by atoms with Crippen LogP contribution in [0.25, 0.3) is 10.8 Å². The molecule has 0 saturated heterocycles. The van der Waals surface area contributed by atoms with Crippen LogP contribution in [0.4, 0.5) is 0 Å². The van der Waals surface area contributed by atoms with Gasteiger partial charge in [0.2, 0.25) is 0 Å². The molecule has 0 aliphatic rings. The van der Waals surface area contributed by atoms with Crippen LogP contribution in [-0.2, 0) is 9.53 Å². The van der Waals surface area contributed by atoms with Crippen LogP contribution in [0.5, 0.6) is 5.75 Å². The lowest BCUT2D eigenvalue weighted by Crippen LogP contribution is -2.23. The third kappa shape index (κ3) is 2.53. The molecule has 4 heteroatoms. The van der Waals surface area contributed by atoms with E-state index in [1.807, 2.05) is 43.3 Å². The second-order valence-corrected chi connectivity index (χ2v) is 4.13. The van der Waals surface area contributed by atoms with Crippen molar-refractivity contribution in [2.75, 3.05) is 13.7 Å². The lowest BCUT2D eigenvalue weighted by atomic mass is 9.98. The zero-order valence-corrected chi connectivity index (χ0v) is 11.1. The largest absolute Gasteiger partial charge is 0.493 e. The van der Waals surface area contributed by atoms with Gasteiger partial charge in [-0.1, -0.05) is 30.3 Å². The fraction of sp³-hybridized carbons (Fsp3) is 0.267. The Hall–Kier alpha value is -2.07. The Kier molecular flexibility index (Phi) is 4.02. The van der Waals surface area contributed by atoms with E-state index in [4.69, 9.17) is 15.2 Å². The first-order valence-corrected chi connectivity index (χ1v) is 6.17. The average Bonchev–Trinajstić information content (AvgIpc) is 2.45. The average molecular weight is 259 g/mol. The van der Waals surface area contributed by atoms with E-state index in [0.717, 1.165) is 10.8 Å². The summed E-state index contributed by atoms with van der Waals surface area (Å²) in [6.45, 7) is 2.40. The Morgan fingerprint density at radius 2 is 2.00 bits per heavy atom. The quantitative estimate of drug-likeness (QED) is 0.856. The number of esters is 1. The third-order valence-electron chi connectivity index (χ3n) is 3.00. The first-order valence-electron chi connectivity index (χ1n) is 6.17. The number of hydrogen-bond donors (Lipinski definition) is 1. The fourth-order valence-electron chi connectivity index (χ4n) is 2.12. The van der Waals surface area contributed by atoms with Gasteiger partial charge in [0.1, 0.15) is 11.8 Å². The van der Waals surface area contributed by atoms with Crippen molar-refractivity contribution < 1.29 is 14.3 Å². The highest BCUT2D eigenvalue weighted by Gasteiger charge is 2.23. The molecule has 0 bridgehead atoms. The zero-order chi connectivity index (χ0) is 13.8. The lowest BCUT2D eigenvalue weighted by Gasteiger charge is -2.17. The van der Waals surface area contributed by atoms with Crippen molar-refractivity contribution in [2.45, 2.75) is 13.0 Å². The van der Waals surface area contributed by atoms with Crippen molar-refractivity contribution in [1.29, 1.82) is 0 Å². The summed E-state index contributed by atoms with van der Waals surface area (Å²) in [5, 5.41) is 1.92. The van der Waals surface area contributed by atoms with Crippen molar-refractivity contribution in [3.8, 4) is 5.75 Å². The van der Waals surface area contributed by atoms with E-state index in [9.17, 15) is 4.79 Å². The molecule has 0 aliphatic heterocycles. The standard InChI is InChI=1S/C15H17NO3/c1-3-19-12-9-8-10-6-4-5-7-11(10)13(12)14(16)15(17)18-2/h4-9,14H,3,16H2,1-2H3/t14-/m0/s1. The van der Waals surface area contributed by atoms with Crippen molar-refractivity contribution in [3.05, 3.63) is 42.0 Å². The van der Waals surface area contributed by atoms with Crippen molar-refractivity contribution in [1.82, 2.24) is 0 Å². The van der Waals surface area contributed by atoms with E-state index < -0.39 is 12.0 Å². The van der Waals surface area contributed by atoms with Gasteiger partial charge in [-0.2, -0.15) is 0 Å². The third-order valence-corrected chi connectivity index (χ3v) is 3.00. The van der Waals surface area contributed by atoms with Gasteiger partial charge in [-0.25, -0.2) is 0 Å². The van der Waals surface area contributed by atoms with Gasteiger partial charge in [-0.05, 0) is 23.8 Å². The molecule has 1 atom stereocenters. The van der Waals surface area contributed by atoms with E-state index in [1.165, 1.54) is 7.11 Å². The molecule has 19 heavy (non-hydrogen) atoms. The van der Waals surface area contributed by atoms with Crippen LogP contribution in [0.1, 0.15) is 18.5 Å². The predicted octanol–water partition coefficient (Wildman–Crippen LogP) is 2.41. The van der Waals surface area contributed by atoms with Crippen LogP contribution < -0.4 is 10.5 Å². The molecule has 0 aromatic heterocycles. The molecule has 100 valence electrons. The summed E-state index contributed by atoms with van der Waals surface area (Å²) in [6, 6.07) is 10.7. The summed E-state index contributed by atoms with van der Waals surface area (Å²) in [7, 11) is 1.33. The summed E-state index contributed by atoms with van der Waals surface area (Å²) in [6.07, 6.45) is 0. The van der Waals surface area contributed by atoms with Gasteiger partial charge in [0.05, 0.1) is 13.7 Å². The van der Waals surface area contributed by atoms with Crippen molar-refractivity contribution >= 4 is 16.7 Å². The Balaban J connectivity index is 2.64. The Morgan fingerprint density at radius 3 is 2.68 bits per heavy atom. The number of carbonyl (C=O) groups excluding carboxylic acids is 1. The van der Waals surface area contributed by atoms with E-state index in [-0.39, 0.29) is 0 Å². The number of rotatable bonds is 4. The summed E-state index contributed by atoms with van der Waals surface area (Å²) >= 11 is 0. The number of methoxy groups -OCH3 is 1. The maximum atomic E-state index is 11.7. The molecule has 0 fully saturated rings. The molecule has 2 rings (SSSR count). The Morgan fingerprint density at radius 1 is 1.26 bits per heavy atom. The molecule has 2 aromatic rings. The monoisotopic (exact) mass is 259 g/mol. The normalized spacial score (nSPS) is 12.2. The Labute approximate surface area is 112 Å². The molecular formula is C15H17NO3. The molecule has 0 radical (unpaired) electrons. The molecule has 0 amide bonds. The van der Waals surface area contributed by atoms with Crippen molar-refractivity contribution in [2.24, 2.45) is 5.73 Å². The molecule has 0 unspecified atom stereocenters. The summed E-state index contributed by atoms with van der Waals surface area (Å²) < 4.78 is 10.3. The minimum absolute atomic E-state index is 0.475. The molecule has 2 aromatic carbocycles. The van der Waals surface area contributed by atoms with Gasteiger partial charge in [-0.15, -0.1) is 0 Å². The van der Waals surface area contributed by atoms with Crippen LogP contribution >= 0.6 is 0 Å². The first kappa shape index (κ1) is 13.4. The topological polar surface area (TPSA) is 61.5 Å². The minimum atomic E-state index is -0.849. The van der Waals surface area contributed by atoms with Gasteiger partial charge in [0.25, 0.3) is 0 Å². The fourth-order valence-corrected chi connectivity index (χ4v) is 2.12. The molecule has 2 N–H and O–H groups in total. The summed E-state index contributed by atoms with van der Waals surface area (Å²) in [4.78, 5) is 11.7. The van der Waals surface area contributed by atoms with Crippen molar-refractivity contribution in [3.63, 3.8) is 0 Å². The number of carbonyl (C=O) groups is 1. The van der Waals surface area contributed by atoms with Gasteiger partial charge in [-0.3, -0.25) is 4.79 Å². The lowest BCUT2D eigenvalue weighted by molar-refractivity contribution is -0.142. The van der Waals surface area contributed by atoms with Gasteiger partial charge in [0, 0.05) is 5.56 Å². The second-order valence-electron chi connectivity index (χ2n) is 4.13. The molecule has 0 heterocycles. The van der Waals surface area contributed by atoms with Crippen LogP contribution in [0, 0.1) is 0 Å². The number of benzene rings is 2. The molecular weight excluding hydrogens is 242 g/mol. The summed E-state index contributed by atoms with van der Waals surface area (Å²) in [5.41, 5.74) is 6.66. The smallest absolute Gasteiger partial charge is 0.327 e. The van der Waals surface area contributed by atoms with Crippen LogP contribution in [0.3, 0.4) is 0 Å². The van der Waals surface area contributed by atoms with Gasteiger partial charge >= 0.3 is 5.97 Å². The minimum Gasteiger partial charge on any atom is -0.493 e. The van der Waals surface area contributed by atoms with Gasteiger partial charge < -0.3 is 15.2 Å². The molecule has 0 aliphatic carbocycles. The summed E-state index contributed by atoms with van der Waals surface area (Å²) in [5.74, 6) is 0.149. The first-order chi connectivity index (χ1) is 9.19. The Bertz CT molecular complexity index is 595. The number of ether oxygens (including phenoxy) is 2. The van der Waals surface area contributed by atoms with Gasteiger partial charge in [0.15, 0.2) is 0 Å². The number of fused-ring (bicyclic) bond motifs is 1. The molecule has 0 spiro atoms. The maximum Gasteiger partial charge on any atom is 0.327 e. The highest BCUT2D eigenvalue weighted by molar-refractivity contribution is 5.93. The molecule has 4 nitrogen and oxygen atoms in total. The predicted molar refractivity (Wildman–Crippen MR) is 74.1 cm³/mol. The SMILES string of the molecule is CCOc1ccc2ccccc2c1[C@H](N)C(=O)OC. The van der Waals surface area contributed by atoms with E-state index >= 15 is 0 Å². The number of nitrogens with two attached hydrogens (primary N) is 1. The zero-order valence-electron chi connectivity index (χ0n) is 11.1. The van der Waals surface area contributed by atoms with E-state index in [2.05, 4.69) is 0 Å². The maximum absolute atomic E-state index is 11.7. The van der Waals surface area contributed by atoms with Crippen LogP contribution in [0.2, 0.25) is 0 Å². The van der Waals surface area contributed by atoms with Crippen LogP contribution in [-0.4, -0.2) is 19.7 Å². The van der Waals surface area contributed by atoms with E-state index in [0.29, 0.717) is 17.9 Å². The van der Waals surface area contributed by atoms with E-state index in [1.54, 1.807) is 0 Å². The molecule has 0 saturated carbocycles.